The number of nitrogens with zero attached hydrogens (tertiary/aromatic N) is 3. The number of anilines is 1. The van der Waals surface area contributed by atoms with Gasteiger partial charge in [0.25, 0.3) is 0 Å². The molecule has 0 unspecified atom stereocenters. The maximum absolute atomic E-state index is 13.0. The molecule has 0 radical (unpaired) electrons. The van der Waals surface area contributed by atoms with E-state index in [2.05, 4.69) is 10.1 Å². The quantitative estimate of drug-likeness (QED) is 0.457. The normalized spacial score (nSPS) is 10.7. The molecule has 2 aromatic carbocycles. The zero-order valence-corrected chi connectivity index (χ0v) is 16.2. The first-order valence-electron chi connectivity index (χ1n) is 8.33. The Balaban J connectivity index is 1.71. The van der Waals surface area contributed by atoms with E-state index in [0.717, 1.165) is 5.56 Å². The largest absolute Gasteiger partial charge is 0.497 e. The summed E-state index contributed by atoms with van der Waals surface area (Å²) in [6.45, 7) is -0.0839. The molecule has 28 heavy (non-hydrogen) atoms. The van der Waals surface area contributed by atoms with Crippen molar-refractivity contribution >= 4 is 23.5 Å². The van der Waals surface area contributed by atoms with Gasteiger partial charge in [0.05, 0.1) is 19.8 Å². The third kappa shape index (κ3) is 4.61. The summed E-state index contributed by atoms with van der Waals surface area (Å²) < 4.78 is 24.7. The highest BCUT2D eigenvalue weighted by Crippen LogP contribution is 2.25. The highest BCUT2D eigenvalue weighted by atomic mass is 32.2. The van der Waals surface area contributed by atoms with Crippen molar-refractivity contribution < 1.29 is 18.7 Å². The van der Waals surface area contributed by atoms with E-state index in [1.807, 2.05) is 0 Å². The van der Waals surface area contributed by atoms with Gasteiger partial charge >= 0.3 is 0 Å². The van der Waals surface area contributed by atoms with Gasteiger partial charge in [-0.3, -0.25) is 4.79 Å². The van der Waals surface area contributed by atoms with Gasteiger partial charge in [0.15, 0.2) is 5.78 Å². The van der Waals surface area contributed by atoms with Gasteiger partial charge in [-0.25, -0.2) is 9.07 Å². The smallest absolute Gasteiger partial charge is 0.219 e. The maximum Gasteiger partial charge on any atom is 0.219 e. The molecule has 3 aromatic rings. The first kappa shape index (κ1) is 19.7. The lowest BCUT2D eigenvalue weighted by molar-refractivity contribution is 0.0964. The molecule has 3 rings (SSSR count). The zero-order valence-electron chi connectivity index (χ0n) is 15.4. The number of carbonyl (C=O) groups excluding carboxylic acids is 1. The van der Waals surface area contributed by atoms with E-state index >= 15 is 0 Å². The molecule has 0 aliphatic carbocycles. The number of ether oxygens (including phenoxy) is 2. The summed E-state index contributed by atoms with van der Waals surface area (Å²) in [6.07, 6.45) is 0. The predicted molar refractivity (Wildman–Crippen MR) is 104 cm³/mol. The first-order valence-corrected chi connectivity index (χ1v) is 9.31. The van der Waals surface area contributed by atoms with Gasteiger partial charge in [0.1, 0.15) is 23.9 Å². The topological polar surface area (TPSA) is 92.3 Å². The number of methoxy groups -OCH3 is 2. The predicted octanol–water partition coefficient (Wildman–Crippen LogP) is 3.19. The van der Waals surface area contributed by atoms with Crippen molar-refractivity contribution in [3.05, 3.63) is 59.4 Å². The van der Waals surface area contributed by atoms with Crippen LogP contribution in [0.25, 0.3) is 0 Å². The molecule has 0 amide bonds. The summed E-state index contributed by atoms with van der Waals surface area (Å²) in [5, 5.41) is 4.72. The van der Waals surface area contributed by atoms with Crippen LogP contribution in [-0.2, 0) is 12.3 Å². The molecule has 0 saturated heterocycles. The van der Waals surface area contributed by atoms with Crippen molar-refractivity contribution in [1.82, 2.24) is 14.8 Å². The lowest BCUT2D eigenvalue weighted by Crippen LogP contribution is -2.15. The summed E-state index contributed by atoms with van der Waals surface area (Å²) in [6, 6.07) is 11.2. The number of hydrogen-bond acceptors (Lipinski definition) is 7. The van der Waals surface area contributed by atoms with Crippen molar-refractivity contribution in [3.63, 3.8) is 0 Å². The molecule has 146 valence electrons. The molecule has 2 N–H and O–H groups in total. The number of hydrogen-bond donors (Lipinski definition) is 1. The monoisotopic (exact) mass is 402 g/mol. The molecule has 1 aromatic heterocycles. The van der Waals surface area contributed by atoms with Crippen LogP contribution in [0.5, 0.6) is 11.5 Å². The fourth-order valence-corrected chi connectivity index (χ4v) is 3.29. The molecule has 0 saturated carbocycles. The van der Waals surface area contributed by atoms with E-state index < -0.39 is 0 Å². The molecule has 0 atom stereocenters. The number of nitrogen functional groups attached to an aromatic ring is 1. The van der Waals surface area contributed by atoms with Crippen LogP contribution in [-0.4, -0.2) is 34.8 Å². The average Bonchev–Trinajstić information content (AvgIpc) is 3.06. The van der Waals surface area contributed by atoms with E-state index in [1.54, 1.807) is 30.3 Å². The van der Waals surface area contributed by atoms with Crippen LogP contribution in [0, 0.1) is 5.82 Å². The number of carbonyl (C=O) groups is 1. The minimum atomic E-state index is -0.285. The van der Waals surface area contributed by atoms with Crippen LogP contribution in [0.2, 0.25) is 0 Å². The summed E-state index contributed by atoms with van der Waals surface area (Å²) >= 11 is 1.35. The van der Waals surface area contributed by atoms with E-state index in [-0.39, 0.29) is 24.1 Å². The number of Topliss-reactive ketones (excluding diaryl/α,β-unsaturated/α-hetero) is 1. The summed E-state index contributed by atoms with van der Waals surface area (Å²) in [4.78, 5) is 16.9. The highest BCUT2D eigenvalue weighted by molar-refractivity contribution is 7.98. The number of nitrogens with two attached hydrogens (primary N) is 1. The Labute approximate surface area is 165 Å². The van der Waals surface area contributed by atoms with Gasteiger partial charge in [-0.1, -0.05) is 23.9 Å². The minimum absolute atomic E-state index is 0.0839. The van der Waals surface area contributed by atoms with E-state index in [1.165, 1.54) is 42.8 Å². The SMILES string of the molecule is COc1ccc(OC)c(C(=O)Cn2nc(SCc3ccc(F)cc3)nc2N)c1. The Kier molecular flexibility index (Phi) is 6.15. The van der Waals surface area contributed by atoms with Crippen LogP contribution >= 0.6 is 11.8 Å². The molecule has 0 aliphatic heterocycles. The molecule has 0 aliphatic rings. The third-order valence-corrected chi connectivity index (χ3v) is 4.87. The summed E-state index contributed by atoms with van der Waals surface area (Å²) in [5.74, 6) is 1.16. The second kappa shape index (κ2) is 8.75. The first-order chi connectivity index (χ1) is 13.5. The Morgan fingerprint density at radius 2 is 1.93 bits per heavy atom. The summed E-state index contributed by atoms with van der Waals surface area (Å²) in [5.41, 5.74) is 7.20. The van der Waals surface area contributed by atoms with E-state index in [9.17, 15) is 9.18 Å². The fraction of sp³-hybridized carbons (Fsp3) is 0.211. The Bertz CT molecular complexity index is 976. The molecule has 0 fully saturated rings. The Morgan fingerprint density at radius 3 is 2.61 bits per heavy atom. The van der Waals surface area contributed by atoms with Gasteiger partial charge in [-0.15, -0.1) is 5.10 Å². The second-order valence-corrected chi connectivity index (χ2v) is 6.76. The standard InChI is InChI=1S/C19H19FN4O3S/c1-26-14-7-8-17(27-2)15(9-14)16(25)10-24-18(21)22-19(23-24)28-11-12-3-5-13(20)6-4-12/h3-9H,10-11H2,1-2H3,(H2,21,22,23). The van der Waals surface area contributed by atoms with Crippen molar-refractivity contribution in [3.8, 4) is 11.5 Å². The maximum atomic E-state index is 13.0. The number of rotatable bonds is 8. The molecule has 1 heterocycles. The van der Waals surface area contributed by atoms with Crippen molar-refractivity contribution in [2.75, 3.05) is 20.0 Å². The Hall–Kier alpha value is -3.07. The third-order valence-electron chi connectivity index (χ3n) is 3.96. The van der Waals surface area contributed by atoms with E-state index in [4.69, 9.17) is 15.2 Å². The molecule has 0 spiro atoms. The van der Waals surface area contributed by atoms with Crippen LogP contribution in [0.15, 0.2) is 47.6 Å². The second-order valence-electron chi connectivity index (χ2n) is 5.81. The Morgan fingerprint density at radius 1 is 1.18 bits per heavy atom. The zero-order chi connectivity index (χ0) is 20.1. The molecule has 9 heteroatoms. The van der Waals surface area contributed by atoms with Crippen LogP contribution in [0.4, 0.5) is 10.3 Å². The van der Waals surface area contributed by atoms with Crippen LogP contribution < -0.4 is 15.2 Å². The van der Waals surface area contributed by atoms with Gasteiger partial charge in [0.2, 0.25) is 11.1 Å². The number of ketones is 1. The number of benzene rings is 2. The van der Waals surface area contributed by atoms with Crippen molar-refractivity contribution in [1.29, 1.82) is 0 Å². The molecular weight excluding hydrogens is 383 g/mol. The van der Waals surface area contributed by atoms with Crippen LogP contribution in [0.1, 0.15) is 15.9 Å². The highest BCUT2D eigenvalue weighted by Gasteiger charge is 2.17. The van der Waals surface area contributed by atoms with Gasteiger partial charge in [0, 0.05) is 5.75 Å². The lowest BCUT2D eigenvalue weighted by atomic mass is 10.1. The van der Waals surface area contributed by atoms with Gasteiger partial charge < -0.3 is 15.2 Å². The molecule has 7 nitrogen and oxygen atoms in total. The van der Waals surface area contributed by atoms with Gasteiger partial charge in [-0.05, 0) is 35.9 Å². The number of thioether (sulfide) groups is 1. The summed E-state index contributed by atoms with van der Waals surface area (Å²) in [7, 11) is 3.02. The van der Waals surface area contributed by atoms with Crippen molar-refractivity contribution in [2.24, 2.45) is 0 Å². The van der Waals surface area contributed by atoms with Crippen LogP contribution in [0.3, 0.4) is 0 Å². The van der Waals surface area contributed by atoms with Gasteiger partial charge in [-0.2, -0.15) is 4.98 Å². The fourth-order valence-electron chi connectivity index (χ4n) is 2.49. The average molecular weight is 402 g/mol. The number of aromatic nitrogens is 3. The van der Waals surface area contributed by atoms with Crippen molar-refractivity contribution in [2.45, 2.75) is 17.5 Å². The molecular formula is C19H19FN4O3S. The molecule has 0 bridgehead atoms. The minimum Gasteiger partial charge on any atom is -0.497 e. The lowest BCUT2D eigenvalue weighted by Gasteiger charge is -2.10. The van der Waals surface area contributed by atoms with E-state index in [0.29, 0.717) is 28.0 Å². The number of halogens is 1.